The van der Waals surface area contributed by atoms with Gasteiger partial charge in [-0.05, 0) is 18.1 Å². The van der Waals surface area contributed by atoms with Crippen LogP contribution in [0, 0.1) is 24.1 Å². The molecule has 7 nitrogen and oxygen atoms in total. The molecule has 0 aliphatic carbocycles. The van der Waals surface area contributed by atoms with Crippen molar-refractivity contribution in [2.45, 2.75) is 13.8 Å². The highest BCUT2D eigenvalue weighted by molar-refractivity contribution is 5.96. The summed E-state index contributed by atoms with van der Waals surface area (Å²) in [5.41, 5.74) is 1.31. The van der Waals surface area contributed by atoms with E-state index in [1.807, 2.05) is 6.07 Å². The van der Waals surface area contributed by atoms with E-state index in [-0.39, 0.29) is 34.0 Å². The molecule has 2 amide bonds. The smallest absolute Gasteiger partial charge is 0.309 e. The predicted octanol–water partition coefficient (Wildman–Crippen LogP) is 3.12. The fraction of sp³-hybridized carbons (Fsp3) is 0.273. The number of benzene rings is 2. The van der Waals surface area contributed by atoms with Crippen molar-refractivity contribution < 1.29 is 18.4 Å². The fourth-order valence-electron chi connectivity index (χ4n) is 3.76. The molecule has 3 aromatic rings. The Hall–Kier alpha value is -3.73. The highest BCUT2D eigenvalue weighted by Crippen LogP contribution is 2.35. The van der Waals surface area contributed by atoms with Crippen LogP contribution in [0.3, 0.4) is 0 Å². The van der Waals surface area contributed by atoms with Gasteiger partial charge in [0.05, 0.1) is 5.56 Å². The molecule has 0 bridgehead atoms. The predicted molar refractivity (Wildman–Crippen MR) is 107 cm³/mol. The Morgan fingerprint density at radius 3 is 2.37 bits per heavy atom. The number of amides is 2. The summed E-state index contributed by atoms with van der Waals surface area (Å²) in [7, 11) is 0. The summed E-state index contributed by atoms with van der Waals surface area (Å²) in [6.07, 6.45) is 0. The molecule has 2 aromatic carbocycles. The standard InChI is InChI=1S/C22H19FN4O3/c1-13-16(12-24)19-20(18(23)17(13)15-6-4-3-5-7-15)30-21(25-19)22(29)27-10-8-26(9-11-27)14(2)28/h3-7H,8-11H2,1-2H3. The Labute approximate surface area is 172 Å². The minimum Gasteiger partial charge on any atom is -0.429 e. The van der Waals surface area contributed by atoms with E-state index < -0.39 is 11.7 Å². The van der Waals surface area contributed by atoms with Crippen molar-refractivity contribution in [1.82, 2.24) is 14.8 Å². The number of halogens is 1. The SMILES string of the molecule is CC(=O)N1CCN(C(=O)c2nc3c(C#N)c(C)c(-c4ccccc4)c(F)c3o2)CC1. The molecule has 0 radical (unpaired) electrons. The fourth-order valence-corrected chi connectivity index (χ4v) is 3.76. The molecule has 8 heteroatoms. The molecule has 1 fully saturated rings. The lowest BCUT2D eigenvalue weighted by Crippen LogP contribution is -2.50. The lowest BCUT2D eigenvalue weighted by molar-refractivity contribution is -0.130. The monoisotopic (exact) mass is 406 g/mol. The third-order valence-corrected chi connectivity index (χ3v) is 5.40. The lowest BCUT2D eigenvalue weighted by atomic mass is 9.95. The minimum atomic E-state index is -0.652. The van der Waals surface area contributed by atoms with Gasteiger partial charge in [0.15, 0.2) is 11.4 Å². The van der Waals surface area contributed by atoms with E-state index in [4.69, 9.17) is 4.42 Å². The Morgan fingerprint density at radius 1 is 1.13 bits per heavy atom. The zero-order valence-corrected chi connectivity index (χ0v) is 16.6. The molecule has 2 heterocycles. The summed E-state index contributed by atoms with van der Waals surface area (Å²) in [4.78, 5) is 31.7. The van der Waals surface area contributed by atoms with Crippen LogP contribution in [-0.2, 0) is 4.79 Å². The molecule has 0 unspecified atom stereocenters. The lowest BCUT2D eigenvalue weighted by Gasteiger charge is -2.33. The minimum absolute atomic E-state index is 0.0397. The van der Waals surface area contributed by atoms with E-state index in [2.05, 4.69) is 11.1 Å². The Kier molecular flexibility index (Phi) is 4.96. The van der Waals surface area contributed by atoms with Crippen LogP contribution in [0.1, 0.15) is 28.7 Å². The molecular formula is C22H19FN4O3. The van der Waals surface area contributed by atoms with Crippen molar-refractivity contribution in [2.24, 2.45) is 0 Å². The first-order valence-electron chi connectivity index (χ1n) is 9.55. The number of fused-ring (bicyclic) bond motifs is 1. The van der Waals surface area contributed by atoms with Gasteiger partial charge >= 0.3 is 5.91 Å². The van der Waals surface area contributed by atoms with Crippen molar-refractivity contribution in [3.05, 3.63) is 53.2 Å². The Bertz CT molecular complexity index is 1190. The molecule has 152 valence electrons. The zero-order valence-electron chi connectivity index (χ0n) is 16.6. The number of nitrogens with zero attached hydrogens (tertiary/aromatic N) is 4. The van der Waals surface area contributed by atoms with Gasteiger partial charge in [0, 0.05) is 38.7 Å². The van der Waals surface area contributed by atoms with Crippen LogP contribution in [-0.4, -0.2) is 52.8 Å². The largest absolute Gasteiger partial charge is 0.429 e. The molecule has 0 N–H and O–H groups in total. The Balaban J connectivity index is 1.76. The Morgan fingerprint density at radius 2 is 1.77 bits per heavy atom. The second-order valence-corrected chi connectivity index (χ2v) is 7.16. The number of carbonyl (C=O) groups excluding carboxylic acids is 2. The van der Waals surface area contributed by atoms with Gasteiger partial charge in [0.1, 0.15) is 11.6 Å². The maximum absolute atomic E-state index is 15.4. The number of hydrogen-bond donors (Lipinski definition) is 0. The summed E-state index contributed by atoms with van der Waals surface area (Å²) in [5.74, 6) is -1.45. The molecule has 1 aliphatic rings. The molecule has 0 saturated carbocycles. The summed E-state index contributed by atoms with van der Waals surface area (Å²) < 4.78 is 20.9. The van der Waals surface area contributed by atoms with Crippen molar-refractivity contribution in [2.75, 3.05) is 26.2 Å². The van der Waals surface area contributed by atoms with E-state index in [1.165, 1.54) is 11.8 Å². The first-order valence-corrected chi connectivity index (χ1v) is 9.55. The highest BCUT2D eigenvalue weighted by atomic mass is 19.1. The van der Waals surface area contributed by atoms with Gasteiger partial charge in [0.2, 0.25) is 5.91 Å². The van der Waals surface area contributed by atoms with E-state index in [0.29, 0.717) is 37.3 Å². The second-order valence-electron chi connectivity index (χ2n) is 7.16. The van der Waals surface area contributed by atoms with Crippen molar-refractivity contribution in [1.29, 1.82) is 5.26 Å². The van der Waals surface area contributed by atoms with Gasteiger partial charge in [-0.2, -0.15) is 5.26 Å². The van der Waals surface area contributed by atoms with Crippen LogP contribution < -0.4 is 0 Å². The number of rotatable bonds is 2. The maximum atomic E-state index is 15.4. The number of piperazine rings is 1. The maximum Gasteiger partial charge on any atom is 0.309 e. The molecule has 4 rings (SSSR count). The first-order chi connectivity index (χ1) is 14.4. The van der Waals surface area contributed by atoms with Crippen LogP contribution in [0.15, 0.2) is 34.7 Å². The van der Waals surface area contributed by atoms with Gasteiger partial charge in [-0.25, -0.2) is 9.37 Å². The van der Waals surface area contributed by atoms with Gasteiger partial charge in [-0.15, -0.1) is 0 Å². The van der Waals surface area contributed by atoms with Crippen LogP contribution in [0.4, 0.5) is 4.39 Å². The van der Waals surface area contributed by atoms with Crippen LogP contribution >= 0.6 is 0 Å². The molecular weight excluding hydrogens is 387 g/mol. The van der Waals surface area contributed by atoms with Crippen molar-refractivity contribution in [3.63, 3.8) is 0 Å². The number of carbonyl (C=O) groups is 2. The molecule has 1 saturated heterocycles. The average molecular weight is 406 g/mol. The number of aromatic nitrogens is 1. The van der Waals surface area contributed by atoms with Crippen molar-refractivity contribution >= 4 is 22.9 Å². The van der Waals surface area contributed by atoms with Gasteiger partial charge in [0.25, 0.3) is 5.89 Å². The number of oxazole rings is 1. The highest BCUT2D eigenvalue weighted by Gasteiger charge is 2.29. The third-order valence-electron chi connectivity index (χ3n) is 5.40. The zero-order chi connectivity index (χ0) is 21.4. The average Bonchev–Trinajstić information content (AvgIpc) is 3.20. The van der Waals surface area contributed by atoms with E-state index in [1.54, 1.807) is 36.1 Å². The summed E-state index contributed by atoms with van der Waals surface area (Å²) >= 11 is 0. The van der Waals surface area contributed by atoms with Crippen LogP contribution in [0.25, 0.3) is 22.2 Å². The first kappa shape index (κ1) is 19.6. The molecule has 30 heavy (non-hydrogen) atoms. The summed E-state index contributed by atoms with van der Waals surface area (Å²) in [6, 6.07) is 10.9. The molecule has 1 aromatic heterocycles. The molecule has 0 atom stereocenters. The van der Waals surface area contributed by atoms with Crippen molar-refractivity contribution in [3.8, 4) is 17.2 Å². The normalized spacial score (nSPS) is 14.1. The summed E-state index contributed by atoms with van der Waals surface area (Å²) in [6.45, 7) is 4.63. The van der Waals surface area contributed by atoms with Crippen LogP contribution in [0.2, 0.25) is 0 Å². The van der Waals surface area contributed by atoms with Gasteiger partial charge in [-0.1, -0.05) is 30.3 Å². The van der Waals surface area contributed by atoms with E-state index in [0.717, 1.165) is 0 Å². The number of nitriles is 1. The topological polar surface area (TPSA) is 90.4 Å². The molecule has 0 spiro atoms. The van der Waals surface area contributed by atoms with E-state index in [9.17, 15) is 14.9 Å². The quantitative estimate of drug-likeness (QED) is 0.652. The third kappa shape index (κ3) is 3.18. The summed E-state index contributed by atoms with van der Waals surface area (Å²) in [5, 5.41) is 9.67. The van der Waals surface area contributed by atoms with E-state index >= 15 is 4.39 Å². The van der Waals surface area contributed by atoms with Crippen LogP contribution in [0.5, 0.6) is 0 Å². The van der Waals surface area contributed by atoms with Gasteiger partial charge < -0.3 is 14.2 Å². The number of hydrogen-bond acceptors (Lipinski definition) is 5. The molecule has 1 aliphatic heterocycles. The second kappa shape index (κ2) is 7.59. The van der Waals surface area contributed by atoms with Gasteiger partial charge in [-0.3, -0.25) is 9.59 Å².